The van der Waals surface area contributed by atoms with Gasteiger partial charge in [-0.15, -0.1) is 11.8 Å². The van der Waals surface area contributed by atoms with Crippen molar-refractivity contribution in [2.24, 2.45) is 0 Å². The lowest BCUT2D eigenvalue weighted by Crippen LogP contribution is -2.41. The molecule has 0 spiro atoms. The van der Waals surface area contributed by atoms with Gasteiger partial charge in [0.2, 0.25) is 11.8 Å². The molecule has 1 aliphatic rings. The molecule has 1 heterocycles. The fourth-order valence-corrected chi connectivity index (χ4v) is 3.79. The van der Waals surface area contributed by atoms with Crippen LogP contribution in [0.5, 0.6) is 0 Å². The second-order valence-corrected chi connectivity index (χ2v) is 7.31. The molecule has 1 aliphatic heterocycles. The molecule has 1 aromatic rings. The largest absolute Gasteiger partial charge is 0.481 e. The molecule has 6 nitrogen and oxygen atoms in total. The van der Waals surface area contributed by atoms with Crippen LogP contribution >= 0.6 is 11.8 Å². The number of hydrogen-bond acceptors (Lipinski definition) is 4. The zero-order valence-electron chi connectivity index (χ0n) is 13.8. The minimum atomic E-state index is -0.867. The van der Waals surface area contributed by atoms with Crippen molar-refractivity contribution in [3.8, 4) is 0 Å². The average Bonchev–Trinajstić information content (AvgIpc) is 2.95. The summed E-state index contributed by atoms with van der Waals surface area (Å²) in [5, 5.41) is 11.4. The first-order valence-corrected chi connectivity index (χ1v) is 8.81. The van der Waals surface area contributed by atoms with Crippen LogP contribution in [0.4, 0.5) is 5.69 Å². The molecule has 0 aromatic heterocycles. The number of benzene rings is 1. The number of carboxylic acids is 1. The molecule has 24 heavy (non-hydrogen) atoms. The van der Waals surface area contributed by atoms with Crippen molar-refractivity contribution in [2.45, 2.75) is 49.3 Å². The van der Waals surface area contributed by atoms with Crippen LogP contribution in [0.25, 0.3) is 0 Å². The lowest BCUT2D eigenvalue weighted by Gasteiger charge is -2.26. The third kappa shape index (κ3) is 4.99. The number of carboxylic acid groups (broad SMARTS) is 1. The molecule has 2 unspecified atom stereocenters. The van der Waals surface area contributed by atoms with Gasteiger partial charge in [0.05, 0.1) is 11.7 Å². The summed E-state index contributed by atoms with van der Waals surface area (Å²) in [7, 11) is 0. The molecule has 1 aromatic carbocycles. The maximum Gasteiger partial charge on any atom is 0.305 e. The van der Waals surface area contributed by atoms with E-state index in [1.165, 1.54) is 18.7 Å². The summed E-state index contributed by atoms with van der Waals surface area (Å²) in [5.74, 6) is -1.01. The molecule has 1 fully saturated rings. The van der Waals surface area contributed by atoms with Crippen molar-refractivity contribution < 1.29 is 19.5 Å². The van der Waals surface area contributed by atoms with E-state index in [0.717, 1.165) is 17.7 Å². The summed E-state index contributed by atoms with van der Waals surface area (Å²) in [6.07, 6.45) is 1.61. The van der Waals surface area contributed by atoms with Gasteiger partial charge < -0.3 is 15.3 Å². The normalized spacial score (nSPS) is 18.2. The highest BCUT2D eigenvalue weighted by Gasteiger charge is 2.32. The van der Waals surface area contributed by atoms with Crippen LogP contribution in [-0.2, 0) is 14.4 Å². The zero-order valence-corrected chi connectivity index (χ0v) is 14.6. The standard InChI is InChI=1S/C17H22N2O4S/c1-11(17(23)19-9-3-4-14(19)10-16(21)22)24-15-7-5-13(6-8-15)18-12(2)20/h5-8,11,14H,3-4,9-10H2,1-2H3,(H,18,20)(H,21,22). The summed E-state index contributed by atoms with van der Waals surface area (Å²) >= 11 is 1.44. The van der Waals surface area contributed by atoms with E-state index >= 15 is 0 Å². The molecule has 1 saturated heterocycles. The Hall–Kier alpha value is -2.02. The average molecular weight is 350 g/mol. The number of carbonyl (C=O) groups excluding carboxylic acids is 2. The molecule has 2 atom stereocenters. The van der Waals surface area contributed by atoms with Crippen molar-refractivity contribution in [3.05, 3.63) is 24.3 Å². The molecule has 2 amide bonds. The first-order valence-electron chi connectivity index (χ1n) is 7.93. The first kappa shape index (κ1) is 18.3. The Morgan fingerprint density at radius 1 is 1.33 bits per heavy atom. The van der Waals surface area contributed by atoms with E-state index in [1.54, 1.807) is 17.0 Å². The van der Waals surface area contributed by atoms with Crippen LogP contribution in [-0.4, -0.2) is 45.6 Å². The zero-order chi connectivity index (χ0) is 17.7. The van der Waals surface area contributed by atoms with E-state index in [2.05, 4.69) is 5.32 Å². The van der Waals surface area contributed by atoms with Crippen LogP contribution < -0.4 is 5.32 Å². The van der Waals surface area contributed by atoms with E-state index in [4.69, 9.17) is 5.11 Å². The van der Waals surface area contributed by atoms with Gasteiger partial charge in [0.15, 0.2) is 0 Å². The van der Waals surface area contributed by atoms with Crippen LogP contribution in [0.15, 0.2) is 29.2 Å². The third-order valence-corrected chi connectivity index (χ3v) is 5.01. The lowest BCUT2D eigenvalue weighted by atomic mass is 10.1. The molecular weight excluding hydrogens is 328 g/mol. The second kappa shape index (κ2) is 8.19. The monoisotopic (exact) mass is 350 g/mol. The van der Waals surface area contributed by atoms with Gasteiger partial charge in [-0.2, -0.15) is 0 Å². The van der Waals surface area contributed by atoms with Gasteiger partial charge in [0.1, 0.15) is 0 Å². The fraction of sp³-hybridized carbons (Fsp3) is 0.471. The van der Waals surface area contributed by atoms with Gasteiger partial charge in [-0.1, -0.05) is 0 Å². The smallest absolute Gasteiger partial charge is 0.305 e. The summed E-state index contributed by atoms with van der Waals surface area (Å²) in [5.41, 5.74) is 0.715. The van der Waals surface area contributed by atoms with Gasteiger partial charge >= 0.3 is 5.97 Å². The quantitative estimate of drug-likeness (QED) is 0.770. The highest BCUT2D eigenvalue weighted by molar-refractivity contribution is 8.00. The first-order chi connectivity index (χ1) is 11.4. The molecule has 0 radical (unpaired) electrons. The molecule has 0 saturated carbocycles. The van der Waals surface area contributed by atoms with Gasteiger partial charge in [0, 0.05) is 30.1 Å². The molecule has 0 aliphatic carbocycles. The fourth-order valence-electron chi connectivity index (χ4n) is 2.85. The van der Waals surface area contributed by atoms with E-state index < -0.39 is 5.97 Å². The number of nitrogens with one attached hydrogen (secondary N) is 1. The number of rotatable bonds is 6. The second-order valence-electron chi connectivity index (χ2n) is 5.89. The van der Waals surface area contributed by atoms with E-state index in [9.17, 15) is 14.4 Å². The van der Waals surface area contributed by atoms with Gasteiger partial charge in [0.25, 0.3) is 0 Å². The van der Waals surface area contributed by atoms with Crippen molar-refractivity contribution in [2.75, 3.05) is 11.9 Å². The highest BCUT2D eigenvalue weighted by Crippen LogP contribution is 2.29. The van der Waals surface area contributed by atoms with Gasteiger partial charge in [-0.05, 0) is 44.0 Å². The van der Waals surface area contributed by atoms with Gasteiger partial charge in [-0.25, -0.2) is 0 Å². The number of carbonyl (C=O) groups is 3. The summed E-state index contributed by atoms with van der Waals surface area (Å²) < 4.78 is 0. The Morgan fingerprint density at radius 3 is 2.58 bits per heavy atom. The van der Waals surface area contributed by atoms with E-state index in [-0.39, 0.29) is 29.5 Å². The topological polar surface area (TPSA) is 86.7 Å². The number of hydrogen-bond donors (Lipinski definition) is 2. The summed E-state index contributed by atoms with van der Waals surface area (Å²) in [4.78, 5) is 37.2. The Balaban J connectivity index is 1.95. The van der Waals surface area contributed by atoms with E-state index in [0.29, 0.717) is 12.2 Å². The van der Waals surface area contributed by atoms with Gasteiger partial charge in [-0.3, -0.25) is 14.4 Å². The number of thioether (sulfide) groups is 1. The van der Waals surface area contributed by atoms with E-state index in [1.807, 2.05) is 19.1 Å². The van der Waals surface area contributed by atoms with Crippen LogP contribution in [0.2, 0.25) is 0 Å². The highest BCUT2D eigenvalue weighted by atomic mass is 32.2. The number of likely N-dealkylation sites (tertiary alicyclic amines) is 1. The predicted octanol–water partition coefficient (Wildman–Crippen LogP) is 2.59. The Kier molecular flexibility index (Phi) is 6.25. The number of nitrogens with zero attached hydrogens (tertiary/aromatic N) is 1. The molecule has 7 heteroatoms. The maximum absolute atomic E-state index is 12.6. The summed E-state index contributed by atoms with van der Waals surface area (Å²) in [6.45, 7) is 3.92. The number of anilines is 1. The molecule has 2 rings (SSSR count). The molecule has 130 valence electrons. The molecule has 2 N–H and O–H groups in total. The predicted molar refractivity (Wildman–Crippen MR) is 93.1 cm³/mol. The maximum atomic E-state index is 12.6. The number of aliphatic carboxylic acids is 1. The van der Waals surface area contributed by atoms with Crippen molar-refractivity contribution in [3.63, 3.8) is 0 Å². The molecular formula is C17H22N2O4S. The van der Waals surface area contributed by atoms with Crippen molar-refractivity contribution in [1.29, 1.82) is 0 Å². The Morgan fingerprint density at radius 2 is 2.00 bits per heavy atom. The van der Waals surface area contributed by atoms with Crippen molar-refractivity contribution in [1.82, 2.24) is 4.90 Å². The lowest BCUT2D eigenvalue weighted by molar-refractivity contribution is -0.139. The Labute approximate surface area is 145 Å². The van der Waals surface area contributed by atoms with Crippen LogP contribution in [0.3, 0.4) is 0 Å². The summed E-state index contributed by atoms with van der Waals surface area (Å²) in [6, 6.07) is 7.12. The number of amides is 2. The minimum absolute atomic E-state index is 0.00847. The van der Waals surface area contributed by atoms with Crippen LogP contribution in [0.1, 0.15) is 33.1 Å². The SMILES string of the molecule is CC(=O)Nc1ccc(SC(C)C(=O)N2CCCC2CC(=O)O)cc1. The van der Waals surface area contributed by atoms with Crippen LogP contribution in [0, 0.1) is 0 Å². The third-order valence-electron chi connectivity index (χ3n) is 3.91. The Bertz CT molecular complexity index is 618. The minimum Gasteiger partial charge on any atom is -0.481 e. The van der Waals surface area contributed by atoms with Crippen molar-refractivity contribution >= 4 is 35.2 Å². The molecule has 0 bridgehead atoms.